The van der Waals surface area contributed by atoms with E-state index < -0.39 is 5.97 Å². The van der Waals surface area contributed by atoms with Crippen LogP contribution in [0.2, 0.25) is 0 Å². The molecule has 28 heavy (non-hydrogen) atoms. The minimum Gasteiger partial charge on any atom is -0.478 e. The van der Waals surface area contributed by atoms with E-state index in [9.17, 15) is 14.3 Å². The smallest absolute Gasteiger partial charge is 0.337 e. The second kappa shape index (κ2) is 7.66. The van der Waals surface area contributed by atoms with Crippen LogP contribution < -0.4 is 5.32 Å². The van der Waals surface area contributed by atoms with Crippen molar-refractivity contribution in [3.63, 3.8) is 0 Å². The molecule has 138 valence electrons. The standard InChI is InChI=1S/C23H16FNO2S/c24-18-5-7-19(8-6-18)25-21-14-16(3-9-20(21)23(26)27)2-1-15-4-10-22-17(13-15)11-12-28-22/h1-14,25H,(H,26,27)/b2-1+. The molecule has 4 aromatic rings. The number of carboxylic acid groups (broad SMARTS) is 1. The third-order valence-electron chi connectivity index (χ3n) is 4.34. The Hall–Kier alpha value is -3.44. The maximum absolute atomic E-state index is 13.1. The first-order valence-electron chi connectivity index (χ1n) is 8.64. The van der Waals surface area contributed by atoms with E-state index in [-0.39, 0.29) is 11.4 Å². The van der Waals surface area contributed by atoms with Crippen molar-refractivity contribution in [2.45, 2.75) is 0 Å². The van der Waals surface area contributed by atoms with Crippen LogP contribution >= 0.6 is 11.3 Å². The number of carboxylic acids is 1. The van der Waals surface area contributed by atoms with Gasteiger partial charge in [-0.2, -0.15) is 0 Å². The Morgan fingerprint density at radius 3 is 2.39 bits per heavy atom. The lowest BCUT2D eigenvalue weighted by Gasteiger charge is -2.11. The van der Waals surface area contributed by atoms with Crippen LogP contribution in [-0.2, 0) is 0 Å². The van der Waals surface area contributed by atoms with Crippen molar-refractivity contribution in [1.82, 2.24) is 0 Å². The fraction of sp³-hybridized carbons (Fsp3) is 0. The molecule has 0 saturated heterocycles. The van der Waals surface area contributed by atoms with Gasteiger partial charge >= 0.3 is 5.97 Å². The number of halogens is 1. The Balaban J connectivity index is 1.63. The summed E-state index contributed by atoms with van der Waals surface area (Å²) in [4.78, 5) is 11.5. The normalized spacial score (nSPS) is 11.2. The second-order valence-corrected chi connectivity index (χ2v) is 7.24. The number of fused-ring (bicyclic) bond motifs is 1. The largest absolute Gasteiger partial charge is 0.478 e. The molecule has 0 spiro atoms. The Labute approximate surface area is 165 Å². The quantitative estimate of drug-likeness (QED) is 0.376. The molecule has 0 saturated carbocycles. The molecular weight excluding hydrogens is 373 g/mol. The first-order chi connectivity index (χ1) is 13.6. The maximum Gasteiger partial charge on any atom is 0.337 e. The van der Waals surface area contributed by atoms with Gasteiger partial charge in [0.15, 0.2) is 0 Å². The molecule has 1 aromatic heterocycles. The summed E-state index contributed by atoms with van der Waals surface area (Å²) in [5.41, 5.74) is 3.16. The van der Waals surface area contributed by atoms with E-state index in [1.807, 2.05) is 12.2 Å². The fourth-order valence-electron chi connectivity index (χ4n) is 2.93. The van der Waals surface area contributed by atoms with Gasteiger partial charge in [-0.3, -0.25) is 0 Å². The number of hydrogen-bond donors (Lipinski definition) is 2. The molecule has 0 aliphatic rings. The predicted octanol–water partition coefficient (Wildman–Crippen LogP) is 6.65. The molecule has 0 aliphatic heterocycles. The topological polar surface area (TPSA) is 49.3 Å². The van der Waals surface area contributed by atoms with E-state index in [0.29, 0.717) is 11.4 Å². The van der Waals surface area contributed by atoms with Gasteiger partial charge in [0.1, 0.15) is 5.82 Å². The lowest BCUT2D eigenvalue weighted by atomic mass is 10.1. The first-order valence-corrected chi connectivity index (χ1v) is 9.52. The third kappa shape index (κ3) is 3.94. The van der Waals surface area contributed by atoms with Crippen molar-refractivity contribution >= 4 is 50.9 Å². The van der Waals surface area contributed by atoms with Crippen LogP contribution in [0.15, 0.2) is 72.1 Å². The molecule has 3 nitrogen and oxygen atoms in total. The van der Waals surface area contributed by atoms with Gasteiger partial charge in [0, 0.05) is 10.4 Å². The minimum atomic E-state index is -1.02. The zero-order valence-electron chi connectivity index (χ0n) is 14.7. The minimum absolute atomic E-state index is 0.154. The van der Waals surface area contributed by atoms with Crippen molar-refractivity contribution in [2.24, 2.45) is 0 Å². The van der Waals surface area contributed by atoms with E-state index in [4.69, 9.17) is 0 Å². The summed E-state index contributed by atoms with van der Waals surface area (Å²) in [5.74, 6) is -1.37. The number of thiophene rings is 1. The van der Waals surface area contributed by atoms with Crippen LogP contribution in [-0.4, -0.2) is 11.1 Å². The molecule has 0 radical (unpaired) electrons. The van der Waals surface area contributed by atoms with Gasteiger partial charge < -0.3 is 10.4 Å². The van der Waals surface area contributed by atoms with Crippen LogP contribution in [0.25, 0.3) is 22.2 Å². The lowest BCUT2D eigenvalue weighted by Crippen LogP contribution is -2.03. The molecule has 3 aromatic carbocycles. The van der Waals surface area contributed by atoms with Crippen LogP contribution in [0.4, 0.5) is 15.8 Å². The number of anilines is 2. The summed E-state index contributed by atoms with van der Waals surface area (Å²) < 4.78 is 14.3. The molecule has 0 fully saturated rings. The third-order valence-corrected chi connectivity index (χ3v) is 5.24. The number of benzene rings is 3. The van der Waals surface area contributed by atoms with Crippen molar-refractivity contribution in [1.29, 1.82) is 0 Å². The zero-order valence-corrected chi connectivity index (χ0v) is 15.5. The summed E-state index contributed by atoms with van der Waals surface area (Å²) in [6, 6.07) is 19.2. The van der Waals surface area contributed by atoms with Crippen molar-refractivity contribution in [3.8, 4) is 0 Å². The number of rotatable bonds is 5. The Morgan fingerprint density at radius 2 is 1.64 bits per heavy atom. The van der Waals surface area contributed by atoms with Crippen molar-refractivity contribution in [3.05, 3.63) is 94.6 Å². The molecule has 0 aliphatic carbocycles. The van der Waals surface area contributed by atoms with E-state index in [2.05, 4.69) is 35.0 Å². The molecule has 4 rings (SSSR count). The number of carbonyl (C=O) groups is 1. The lowest BCUT2D eigenvalue weighted by molar-refractivity contribution is 0.0698. The first kappa shape index (κ1) is 17.9. The van der Waals surface area contributed by atoms with Gasteiger partial charge in [0.2, 0.25) is 0 Å². The van der Waals surface area contributed by atoms with Gasteiger partial charge in [0.05, 0.1) is 11.3 Å². The summed E-state index contributed by atoms with van der Waals surface area (Å²) in [6.45, 7) is 0. The molecule has 5 heteroatoms. The Morgan fingerprint density at radius 1 is 0.929 bits per heavy atom. The van der Waals surface area contributed by atoms with Crippen LogP contribution in [0.3, 0.4) is 0 Å². The molecule has 0 amide bonds. The van der Waals surface area contributed by atoms with Gasteiger partial charge in [0.25, 0.3) is 0 Å². The van der Waals surface area contributed by atoms with Crippen molar-refractivity contribution in [2.75, 3.05) is 5.32 Å². The SMILES string of the molecule is O=C(O)c1ccc(/C=C/c2ccc3sccc3c2)cc1Nc1ccc(F)cc1. The molecule has 0 unspecified atom stereocenters. The molecule has 2 N–H and O–H groups in total. The Kier molecular flexibility index (Phi) is 4.91. The fourth-order valence-corrected chi connectivity index (χ4v) is 3.70. The highest BCUT2D eigenvalue weighted by atomic mass is 32.1. The van der Waals surface area contributed by atoms with Crippen LogP contribution in [0, 0.1) is 5.82 Å². The summed E-state index contributed by atoms with van der Waals surface area (Å²) in [7, 11) is 0. The average Bonchev–Trinajstić information content (AvgIpc) is 3.16. The van der Waals surface area contributed by atoms with Gasteiger partial charge in [-0.15, -0.1) is 11.3 Å². The van der Waals surface area contributed by atoms with Gasteiger partial charge in [-0.25, -0.2) is 9.18 Å². The van der Waals surface area contributed by atoms with E-state index >= 15 is 0 Å². The van der Waals surface area contributed by atoms with Gasteiger partial charge in [-0.1, -0.05) is 24.3 Å². The highest BCUT2D eigenvalue weighted by Gasteiger charge is 2.10. The highest BCUT2D eigenvalue weighted by Crippen LogP contribution is 2.25. The van der Waals surface area contributed by atoms with Crippen LogP contribution in [0.5, 0.6) is 0 Å². The van der Waals surface area contributed by atoms with Crippen molar-refractivity contribution < 1.29 is 14.3 Å². The second-order valence-electron chi connectivity index (χ2n) is 6.29. The van der Waals surface area contributed by atoms with Gasteiger partial charge in [-0.05, 0) is 76.5 Å². The highest BCUT2D eigenvalue weighted by molar-refractivity contribution is 7.17. The number of aromatic carboxylic acids is 1. The van der Waals surface area contributed by atoms with Crippen LogP contribution in [0.1, 0.15) is 21.5 Å². The monoisotopic (exact) mass is 389 g/mol. The average molecular weight is 389 g/mol. The Bertz CT molecular complexity index is 1180. The predicted molar refractivity (Wildman–Crippen MR) is 114 cm³/mol. The zero-order chi connectivity index (χ0) is 19.5. The summed E-state index contributed by atoms with van der Waals surface area (Å²) in [5, 5.41) is 15.8. The number of hydrogen-bond acceptors (Lipinski definition) is 3. The van der Waals surface area contributed by atoms with E-state index in [0.717, 1.165) is 11.1 Å². The molecule has 0 bridgehead atoms. The molecule has 1 heterocycles. The van der Waals surface area contributed by atoms with E-state index in [1.165, 1.54) is 22.2 Å². The summed E-state index contributed by atoms with van der Waals surface area (Å²) in [6.07, 6.45) is 3.93. The maximum atomic E-state index is 13.1. The van der Waals surface area contributed by atoms with E-state index in [1.54, 1.807) is 41.7 Å². The number of nitrogens with one attached hydrogen (secondary N) is 1. The molecule has 0 atom stereocenters. The molecular formula is C23H16FNO2S. The summed E-state index contributed by atoms with van der Waals surface area (Å²) >= 11 is 1.71.